The molecule has 1 heterocycles. The average Bonchev–Trinajstić information content (AvgIpc) is 2.62. The van der Waals surface area contributed by atoms with Gasteiger partial charge in [-0.1, -0.05) is 5.11 Å². The van der Waals surface area contributed by atoms with Gasteiger partial charge in [0.2, 0.25) is 0 Å². The molecule has 0 radical (unpaired) electrons. The summed E-state index contributed by atoms with van der Waals surface area (Å²) in [7, 11) is 0. The Morgan fingerprint density at radius 1 is 1.31 bits per heavy atom. The second-order valence-corrected chi connectivity index (χ2v) is 3.48. The lowest BCUT2D eigenvalue weighted by Crippen LogP contribution is -2.45. The lowest BCUT2D eigenvalue weighted by molar-refractivity contribution is -0.146. The third-order valence-electron chi connectivity index (χ3n) is 2.61. The third-order valence-corrected chi connectivity index (χ3v) is 2.61. The standard InChI is InChI=1S/C8H12N4O4/c9-11-10-3-4-12-5(7(13)14)1-2-6(12)8(15)16/h5-6H,1-4H2,(H,13,14)(H,15,16)/t5-,6-/m1/s1. The van der Waals surface area contributed by atoms with Crippen LogP contribution < -0.4 is 0 Å². The highest BCUT2D eigenvalue weighted by Gasteiger charge is 2.40. The first-order chi connectivity index (χ1) is 7.57. The summed E-state index contributed by atoms with van der Waals surface area (Å²) < 4.78 is 0. The van der Waals surface area contributed by atoms with Gasteiger partial charge < -0.3 is 10.2 Å². The highest BCUT2D eigenvalue weighted by atomic mass is 16.4. The highest BCUT2D eigenvalue weighted by molar-refractivity contribution is 5.79. The van der Waals surface area contributed by atoms with Gasteiger partial charge in [0.05, 0.1) is 0 Å². The molecule has 1 aliphatic heterocycles. The Morgan fingerprint density at radius 2 is 1.81 bits per heavy atom. The van der Waals surface area contributed by atoms with Crippen molar-refractivity contribution in [2.45, 2.75) is 24.9 Å². The van der Waals surface area contributed by atoms with Gasteiger partial charge in [0.15, 0.2) is 0 Å². The summed E-state index contributed by atoms with van der Waals surface area (Å²) >= 11 is 0. The summed E-state index contributed by atoms with van der Waals surface area (Å²) in [6, 6.07) is -1.59. The van der Waals surface area contributed by atoms with Gasteiger partial charge >= 0.3 is 11.9 Å². The largest absolute Gasteiger partial charge is 0.480 e. The number of carbonyl (C=O) groups is 2. The number of azide groups is 1. The van der Waals surface area contributed by atoms with E-state index in [0.717, 1.165) is 0 Å². The fraction of sp³-hybridized carbons (Fsp3) is 0.750. The number of carboxylic acid groups (broad SMARTS) is 2. The molecule has 1 aliphatic rings. The van der Waals surface area contributed by atoms with E-state index in [1.54, 1.807) is 0 Å². The molecule has 1 saturated heterocycles. The predicted octanol–water partition coefficient (Wildman–Crippen LogP) is 0.299. The van der Waals surface area contributed by atoms with Gasteiger partial charge in [-0.15, -0.1) is 0 Å². The molecular formula is C8H12N4O4. The van der Waals surface area contributed by atoms with Gasteiger partial charge in [-0.3, -0.25) is 14.5 Å². The predicted molar refractivity (Wildman–Crippen MR) is 52.8 cm³/mol. The summed E-state index contributed by atoms with van der Waals surface area (Å²) in [5, 5.41) is 21.1. The Labute approximate surface area is 91.1 Å². The molecule has 0 aromatic heterocycles. The number of aliphatic carboxylic acids is 2. The number of likely N-dealkylation sites (tertiary alicyclic amines) is 1. The van der Waals surface area contributed by atoms with Crippen molar-refractivity contribution in [2.24, 2.45) is 5.11 Å². The van der Waals surface area contributed by atoms with Crippen LogP contribution in [0.2, 0.25) is 0 Å². The number of carboxylic acids is 2. The van der Waals surface area contributed by atoms with E-state index in [2.05, 4.69) is 10.0 Å². The SMILES string of the molecule is [N-]=[N+]=NCCN1[C@@H](C(=O)O)CC[C@@H]1C(=O)O. The van der Waals surface area contributed by atoms with Crippen LogP contribution in [0.15, 0.2) is 5.11 Å². The summed E-state index contributed by atoms with van der Waals surface area (Å²) in [4.78, 5) is 25.6. The van der Waals surface area contributed by atoms with Crippen LogP contribution in [-0.2, 0) is 9.59 Å². The molecule has 0 aromatic rings. The number of hydrogen-bond acceptors (Lipinski definition) is 4. The molecular weight excluding hydrogens is 216 g/mol. The molecule has 2 N–H and O–H groups in total. The highest BCUT2D eigenvalue weighted by Crippen LogP contribution is 2.24. The van der Waals surface area contributed by atoms with Crippen LogP contribution in [-0.4, -0.2) is 52.2 Å². The van der Waals surface area contributed by atoms with Gasteiger partial charge in [-0.25, -0.2) is 0 Å². The minimum absolute atomic E-state index is 0.0735. The Kier molecular flexibility index (Phi) is 4.10. The van der Waals surface area contributed by atoms with Crippen molar-refractivity contribution in [3.8, 4) is 0 Å². The van der Waals surface area contributed by atoms with E-state index in [1.165, 1.54) is 4.90 Å². The Bertz CT molecular complexity index is 317. The van der Waals surface area contributed by atoms with Crippen LogP contribution in [0.3, 0.4) is 0 Å². The molecule has 0 aliphatic carbocycles. The Balaban J connectivity index is 2.71. The molecule has 8 nitrogen and oxygen atoms in total. The summed E-state index contributed by atoms with van der Waals surface area (Å²) in [6.07, 6.45) is 0.616. The van der Waals surface area contributed by atoms with Crippen molar-refractivity contribution in [1.82, 2.24) is 4.90 Å². The Morgan fingerprint density at radius 3 is 2.19 bits per heavy atom. The van der Waals surface area contributed by atoms with Crippen molar-refractivity contribution in [3.05, 3.63) is 10.4 Å². The maximum absolute atomic E-state index is 10.9. The van der Waals surface area contributed by atoms with Crippen LogP contribution in [0.4, 0.5) is 0 Å². The van der Waals surface area contributed by atoms with Gasteiger partial charge in [0, 0.05) is 18.0 Å². The minimum atomic E-state index is -1.04. The molecule has 0 bridgehead atoms. The molecule has 2 atom stereocenters. The smallest absolute Gasteiger partial charge is 0.320 e. The quantitative estimate of drug-likeness (QED) is 0.397. The third kappa shape index (κ3) is 2.62. The zero-order valence-corrected chi connectivity index (χ0v) is 8.48. The zero-order valence-electron chi connectivity index (χ0n) is 8.48. The van der Waals surface area contributed by atoms with Crippen LogP contribution in [0.1, 0.15) is 12.8 Å². The van der Waals surface area contributed by atoms with E-state index in [1.807, 2.05) is 0 Å². The van der Waals surface area contributed by atoms with Crippen molar-refractivity contribution in [2.75, 3.05) is 13.1 Å². The van der Waals surface area contributed by atoms with Gasteiger partial charge in [0.25, 0.3) is 0 Å². The molecule has 88 valence electrons. The first kappa shape index (κ1) is 12.3. The first-order valence-electron chi connectivity index (χ1n) is 4.80. The van der Waals surface area contributed by atoms with E-state index < -0.39 is 24.0 Å². The second kappa shape index (κ2) is 5.34. The normalized spacial score (nSPS) is 25.0. The first-order valence-corrected chi connectivity index (χ1v) is 4.80. The van der Waals surface area contributed by atoms with Crippen LogP contribution in [0, 0.1) is 0 Å². The fourth-order valence-corrected chi connectivity index (χ4v) is 1.91. The topological polar surface area (TPSA) is 127 Å². The van der Waals surface area contributed by atoms with Crippen molar-refractivity contribution < 1.29 is 19.8 Å². The number of rotatable bonds is 5. The van der Waals surface area contributed by atoms with Crippen LogP contribution >= 0.6 is 0 Å². The number of hydrogen-bond donors (Lipinski definition) is 2. The molecule has 0 aromatic carbocycles. The molecule has 1 fully saturated rings. The molecule has 0 spiro atoms. The summed E-state index contributed by atoms with van der Waals surface area (Å²) in [5.74, 6) is -2.07. The van der Waals surface area contributed by atoms with E-state index >= 15 is 0 Å². The molecule has 0 amide bonds. The summed E-state index contributed by atoms with van der Waals surface area (Å²) in [5.41, 5.74) is 8.10. The molecule has 1 rings (SSSR count). The maximum Gasteiger partial charge on any atom is 0.320 e. The zero-order chi connectivity index (χ0) is 12.1. The van der Waals surface area contributed by atoms with E-state index in [-0.39, 0.29) is 13.1 Å². The second-order valence-electron chi connectivity index (χ2n) is 3.48. The lowest BCUT2D eigenvalue weighted by atomic mass is 10.2. The monoisotopic (exact) mass is 228 g/mol. The Hall–Kier alpha value is -1.79. The van der Waals surface area contributed by atoms with Gasteiger partial charge in [-0.2, -0.15) is 0 Å². The van der Waals surface area contributed by atoms with E-state index in [0.29, 0.717) is 12.8 Å². The van der Waals surface area contributed by atoms with Crippen LogP contribution in [0.25, 0.3) is 10.4 Å². The van der Waals surface area contributed by atoms with Gasteiger partial charge in [0.1, 0.15) is 12.1 Å². The average molecular weight is 228 g/mol. The van der Waals surface area contributed by atoms with Crippen LogP contribution in [0.5, 0.6) is 0 Å². The summed E-state index contributed by atoms with van der Waals surface area (Å²) in [6.45, 7) is 0.224. The van der Waals surface area contributed by atoms with Crippen molar-refractivity contribution in [1.29, 1.82) is 0 Å². The van der Waals surface area contributed by atoms with E-state index in [9.17, 15) is 9.59 Å². The molecule has 16 heavy (non-hydrogen) atoms. The molecule has 0 unspecified atom stereocenters. The van der Waals surface area contributed by atoms with Crippen molar-refractivity contribution >= 4 is 11.9 Å². The molecule has 8 heteroatoms. The van der Waals surface area contributed by atoms with Crippen molar-refractivity contribution in [3.63, 3.8) is 0 Å². The van der Waals surface area contributed by atoms with E-state index in [4.69, 9.17) is 15.7 Å². The van der Waals surface area contributed by atoms with Gasteiger partial charge in [-0.05, 0) is 18.4 Å². The molecule has 0 saturated carbocycles. The minimum Gasteiger partial charge on any atom is -0.480 e. The lowest BCUT2D eigenvalue weighted by Gasteiger charge is -2.24. The number of nitrogens with zero attached hydrogens (tertiary/aromatic N) is 4. The maximum atomic E-state index is 10.9. The fourth-order valence-electron chi connectivity index (χ4n) is 1.91.